The SMILES string of the molecule is Cc1cc(C(=O)Cl)cc(S(=O)(=O)Cl)c1Br. The van der Waals surface area contributed by atoms with Gasteiger partial charge in [-0.1, -0.05) is 0 Å². The molecule has 1 rings (SSSR count). The van der Waals surface area contributed by atoms with Crippen molar-refractivity contribution in [3.05, 3.63) is 27.7 Å². The van der Waals surface area contributed by atoms with Crippen molar-refractivity contribution >= 4 is 52.5 Å². The van der Waals surface area contributed by atoms with Crippen molar-refractivity contribution < 1.29 is 13.2 Å². The fourth-order valence-electron chi connectivity index (χ4n) is 1.03. The first-order chi connectivity index (χ1) is 6.73. The summed E-state index contributed by atoms with van der Waals surface area (Å²) >= 11 is 8.34. The van der Waals surface area contributed by atoms with E-state index in [-0.39, 0.29) is 10.5 Å². The van der Waals surface area contributed by atoms with Gasteiger partial charge in [0.15, 0.2) is 0 Å². The van der Waals surface area contributed by atoms with Crippen LogP contribution in [0, 0.1) is 6.92 Å². The summed E-state index contributed by atoms with van der Waals surface area (Å²) in [6, 6.07) is 2.61. The zero-order valence-corrected chi connectivity index (χ0v) is 11.3. The lowest BCUT2D eigenvalue weighted by Crippen LogP contribution is -1.99. The van der Waals surface area contributed by atoms with E-state index in [2.05, 4.69) is 15.9 Å². The van der Waals surface area contributed by atoms with E-state index in [9.17, 15) is 13.2 Å². The molecule has 1 aromatic carbocycles. The van der Waals surface area contributed by atoms with E-state index in [1.54, 1.807) is 6.92 Å². The smallest absolute Gasteiger partial charge is 0.262 e. The van der Waals surface area contributed by atoms with Crippen LogP contribution in [0.15, 0.2) is 21.5 Å². The van der Waals surface area contributed by atoms with Crippen LogP contribution in [0.3, 0.4) is 0 Å². The fraction of sp³-hybridized carbons (Fsp3) is 0.125. The van der Waals surface area contributed by atoms with Crippen LogP contribution in [0.4, 0.5) is 0 Å². The summed E-state index contributed by atoms with van der Waals surface area (Å²) < 4.78 is 22.7. The molecule has 0 bridgehead atoms. The summed E-state index contributed by atoms with van der Waals surface area (Å²) in [5.74, 6) is 0. The molecule has 0 fully saturated rings. The number of hydrogen-bond acceptors (Lipinski definition) is 3. The van der Waals surface area contributed by atoms with Crippen LogP contribution >= 0.6 is 38.2 Å². The van der Waals surface area contributed by atoms with Gasteiger partial charge in [-0.05, 0) is 52.2 Å². The van der Waals surface area contributed by atoms with Gasteiger partial charge in [0, 0.05) is 20.7 Å². The van der Waals surface area contributed by atoms with Gasteiger partial charge in [-0.25, -0.2) is 8.42 Å². The topological polar surface area (TPSA) is 51.2 Å². The molecule has 82 valence electrons. The molecule has 0 aliphatic carbocycles. The minimum absolute atomic E-state index is 0.0941. The molecule has 15 heavy (non-hydrogen) atoms. The van der Waals surface area contributed by atoms with Gasteiger partial charge in [0.2, 0.25) is 0 Å². The molecule has 0 unspecified atom stereocenters. The number of hydrogen-bond donors (Lipinski definition) is 0. The Morgan fingerprint density at radius 2 is 1.93 bits per heavy atom. The average molecular weight is 332 g/mol. The molecule has 0 aliphatic rings. The Hall–Kier alpha value is -0.100. The third-order valence-corrected chi connectivity index (χ3v) is 4.59. The van der Waals surface area contributed by atoms with Gasteiger partial charge >= 0.3 is 0 Å². The third-order valence-electron chi connectivity index (χ3n) is 1.71. The molecule has 1 aromatic rings. The molecule has 0 saturated heterocycles. The van der Waals surface area contributed by atoms with Gasteiger partial charge in [0.1, 0.15) is 0 Å². The predicted octanol–water partition coefficient (Wildman–Crippen LogP) is 3.06. The zero-order chi connectivity index (χ0) is 11.8. The van der Waals surface area contributed by atoms with Gasteiger partial charge in [-0.3, -0.25) is 4.79 Å². The molecule has 7 heteroatoms. The summed E-state index contributed by atoms with van der Waals surface area (Å²) in [7, 11) is 1.30. The Bertz CT molecular complexity index is 525. The number of carbonyl (C=O) groups is 1. The Balaban J connectivity index is 3.59. The summed E-state index contributed by atoms with van der Waals surface area (Å²) in [6.45, 7) is 1.64. The second-order valence-corrected chi connectivity index (χ2v) is 6.49. The highest BCUT2D eigenvalue weighted by Gasteiger charge is 2.18. The van der Waals surface area contributed by atoms with Crippen LogP contribution in [-0.4, -0.2) is 13.7 Å². The predicted molar refractivity (Wildman–Crippen MR) is 62.1 cm³/mol. The summed E-state index contributed by atoms with van der Waals surface area (Å²) in [5, 5.41) is -0.729. The maximum atomic E-state index is 11.2. The van der Waals surface area contributed by atoms with E-state index in [1.165, 1.54) is 6.07 Å². The van der Waals surface area contributed by atoms with Crippen LogP contribution in [0.25, 0.3) is 0 Å². The van der Waals surface area contributed by atoms with Crippen molar-refractivity contribution in [3.63, 3.8) is 0 Å². The van der Waals surface area contributed by atoms with E-state index < -0.39 is 14.3 Å². The molecule has 0 amide bonds. The molecular weight excluding hydrogens is 327 g/mol. The number of carbonyl (C=O) groups excluding carboxylic acids is 1. The maximum absolute atomic E-state index is 11.2. The highest BCUT2D eigenvalue weighted by molar-refractivity contribution is 9.10. The van der Waals surface area contributed by atoms with E-state index in [1.807, 2.05) is 0 Å². The number of benzene rings is 1. The molecule has 0 spiro atoms. The number of aryl methyl sites for hydroxylation is 1. The van der Waals surface area contributed by atoms with Crippen LogP contribution < -0.4 is 0 Å². The lowest BCUT2D eigenvalue weighted by atomic mass is 10.1. The molecule has 3 nitrogen and oxygen atoms in total. The van der Waals surface area contributed by atoms with Gasteiger partial charge in [0.05, 0.1) is 4.90 Å². The second-order valence-electron chi connectivity index (χ2n) is 2.82. The van der Waals surface area contributed by atoms with Gasteiger partial charge < -0.3 is 0 Å². The van der Waals surface area contributed by atoms with Gasteiger partial charge in [-0.2, -0.15) is 0 Å². The minimum Gasteiger partial charge on any atom is -0.276 e. The molecular formula is C8H5BrCl2O3S. The summed E-state index contributed by atoms with van der Waals surface area (Å²) in [5.41, 5.74) is 0.664. The monoisotopic (exact) mass is 330 g/mol. The normalized spacial score (nSPS) is 11.5. The molecule has 0 saturated carbocycles. The highest BCUT2D eigenvalue weighted by atomic mass is 79.9. The van der Waals surface area contributed by atoms with E-state index >= 15 is 0 Å². The van der Waals surface area contributed by atoms with Crippen molar-refractivity contribution in [2.45, 2.75) is 11.8 Å². The second kappa shape index (κ2) is 4.41. The largest absolute Gasteiger partial charge is 0.276 e. The first-order valence-corrected chi connectivity index (χ1v) is 7.16. The molecule has 0 N–H and O–H groups in total. The average Bonchev–Trinajstić information content (AvgIpc) is 2.06. The fourth-order valence-corrected chi connectivity index (χ4v) is 3.29. The lowest BCUT2D eigenvalue weighted by Gasteiger charge is -2.05. The maximum Gasteiger partial charge on any atom is 0.262 e. The molecule has 0 aliphatic heterocycles. The molecule has 0 aromatic heterocycles. The van der Waals surface area contributed by atoms with Crippen molar-refractivity contribution in [1.82, 2.24) is 0 Å². The van der Waals surface area contributed by atoms with Gasteiger partial charge in [-0.15, -0.1) is 0 Å². The highest BCUT2D eigenvalue weighted by Crippen LogP contribution is 2.30. The van der Waals surface area contributed by atoms with Crippen LogP contribution in [0.1, 0.15) is 15.9 Å². The van der Waals surface area contributed by atoms with Crippen LogP contribution in [0.2, 0.25) is 0 Å². The Morgan fingerprint density at radius 3 is 2.33 bits per heavy atom. The standard InChI is InChI=1S/C8H5BrCl2O3S/c1-4-2-5(8(10)12)3-6(7(4)9)15(11,13)14/h2-3H,1H3. The van der Waals surface area contributed by atoms with E-state index in [4.69, 9.17) is 22.3 Å². The Kier molecular flexibility index (Phi) is 3.81. The van der Waals surface area contributed by atoms with E-state index in [0.29, 0.717) is 10.0 Å². The summed E-state index contributed by atoms with van der Waals surface area (Å²) in [4.78, 5) is 10.7. The quantitative estimate of drug-likeness (QED) is 0.782. The molecule has 0 heterocycles. The van der Waals surface area contributed by atoms with Crippen LogP contribution in [-0.2, 0) is 9.05 Å². The minimum atomic E-state index is -3.90. The first-order valence-electron chi connectivity index (χ1n) is 3.68. The lowest BCUT2D eigenvalue weighted by molar-refractivity contribution is 0.108. The number of rotatable bonds is 2. The zero-order valence-electron chi connectivity index (χ0n) is 7.42. The van der Waals surface area contributed by atoms with Crippen molar-refractivity contribution in [2.24, 2.45) is 0 Å². The van der Waals surface area contributed by atoms with Crippen molar-refractivity contribution in [3.8, 4) is 0 Å². The summed E-state index contributed by atoms with van der Waals surface area (Å²) in [6.07, 6.45) is 0. The Morgan fingerprint density at radius 1 is 1.40 bits per heavy atom. The molecule has 0 radical (unpaired) electrons. The first kappa shape index (κ1) is 13.0. The van der Waals surface area contributed by atoms with Crippen molar-refractivity contribution in [2.75, 3.05) is 0 Å². The number of halogens is 3. The van der Waals surface area contributed by atoms with E-state index in [0.717, 1.165) is 6.07 Å². The third kappa shape index (κ3) is 2.93. The van der Waals surface area contributed by atoms with Crippen molar-refractivity contribution in [1.29, 1.82) is 0 Å². The van der Waals surface area contributed by atoms with Crippen LogP contribution in [0.5, 0.6) is 0 Å². The molecule has 0 atom stereocenters. The van der Waals surface area contributed by atoms with Gasteiger partial charge in [0.25, 0.3) is 14.3 Å². The Labute approximate surface area is 105 Å².